The van der Waals surface area contributed by atoms with Crippen LogP contribution in [0.15, 0.2) is 64.4 Å². The lowest BCUT2D eigenvalue weighted by atomic mass is 10.1. The molecule has 0 aliphatic carbocycles. The molecule has 1 aliphatic rings. The van der Waals surface area contributed by atoms with Crippen LogP contribution in [-0.2, 0) is 23.6 Å². The lowest BCUT2D eigenvalue weighted by molar-refractivity contribution is 0.0783. The standard InChI is InChI=1S/C23H25N3O4S/c1-24-16-20(23(28)25(2)15-17-8-4-3-5-9-17)22(27)19-14-18(10-11-21(19)24)31(29,30)26-12-6-7-13-26/h3-5,8-11,14,16H,6-7,12-13,15H2,1-2H3. The van der Waals surface area contributed by atoms with Crippen LogP contribution in [-0.4, -0.2) is 48.2 Å². The van der Waals surface area contributed by atoms with E-state index in [0.29, 0.717) is 25.2 Å². The van der Waals surface area contributed by atoms with Crippen LogP contribution in [0.5, 0.6) is 0 Å². The molecule has 1 fully saturated rings. The number of hydrogen-bond donors (Lipinski definition) is 0. The van der Waals surface area contributed by atoms with Crippen LogP contribution in [0.25, 0.3) is 10.9 Å². The van der Waals surface area contributed by atoms with Gasteiger partial charge in [-0.1, -0.05) is 30.3 Å². The number of aromatic nitrogens is 1. The second-order valence-corrected chi connectivity index (χ2v) is 9.86. The molecule has 0 radical (unpaired) electrons. The molecule has 0 spiro atoms. The van der Waals surface area contributed by atoms with E-state index in [2.05, 4.69) is 0 Å². The quantitative estimate of drug-likeness (QED) is 0.612. The number of amides is 1. The van der Waals surface area contributed by atoms with Gasteiger partial charge in [0.2, 0.25) is 15.5 Å². The lowest BCUT2D eigenvalue weighted by Crippen LogP contribution is -2.31. The Labute approximate surface area is 181 Å². The van der Waals surface area contributed by atoms with E-state index in [1.54, 1.807) is 24.7 Å². The Morgan fingerprint density at radius 1 is 1.06 bits per heavy atom. The van der Waals surface area contributed by atoms with E-state index in [1.807, 2.05) is 30.3 Å². The van der Waals surface area contributed by atoms with E-state index in [4.69, 9.17) is 0 Å². The van der Waals surface area contributed by atoms with E-state index in [1.165, 1.54) is 27.5 Å². The highest BCUT2D eigenvalue weighted by atomic mass is 32.2. The number of pyridine rings is 1. The second-order valence-electron chi connectivity index (χ2n) is 7.92. The Hall–Kier alpha value is -2.97. The van der Waals surface area contributed by atoms with Crippen LogP contribution in [0.2, 0.25) is 0 Å². The summed E-state index contributed by atoms with van der Waals surface area (Å²) in [5.74, 6) is -0.404. The number of rotatable bonds is 5. The van der Waals surface area contributed by atoms with Gasteiger partial charge in [0.1, 0.15) is 5.56 Å². The number of nitrogens with zero attached hydrogens (tertiary/aromatic N) is 3. The first-order valence-electron chi connectivity index (χ1n) is 10.2. The van der Waals surface area contributed by atoms with Crippen molar-refractivity contribution in [3.05, 3.63) is 76.1 Å². The summed E-state index contributed by atoms with van der Waals surface area (Å²) < 4.78 is 29.0. The topological polar surface area (TPSA) is 79.7 Å². The summed E-state index contributed by atoms with van der Waals surface area (Å²) in [5.41, 5.74) is 1.09. The molecule has 3 aromatic rings. The van der Waals surface area contributed by atoms with Crippen molar-refractivity contribution in [3.8, 4) is 0 Å². The molecular weight excluding hydrogens is 414 g/mol. The van der Waals surface area contributed by atoms with Gasteiger partial charge in [0.05, 0.1) is 10.4 Å². The summed E-state index contributed by atoms with van der Waals surface area (Å²) in [6, 6.07) is 14.1. The molecule has 1 aromatic heterocycles. The molecule has 0 bridgehead atoms. The summed E-state index contributed by atoms with van der Waals surface area (Å²) in [5, 5.41) is 0.224. The van der Waals surface area contributed by atoms with Crippen LogP contribution in [0.3, 0.4) is 0 Å². The van der Waals surface area contributed by atoms with Gasteiger partial charge >= 0.3 is 0 Å². The lowest BCUT2D eigenvalue weighted by Gasteiger charge is -2.19. The Balaban J connectivity index is 1.74. The molecule has 1 amide bonds. The highest BCUT2D eigenvalue weighted by Crippen LogP contribution is 2.23. The van der Waals surface area contributed by atoms with Crippen molar-refractivity contribution in [1.29, 1.82) is 0 Å². The van der Waals surface area contributed by atoms with E-state index in [9.17, 15) is 18.0 Å². The summed E-state index contributed by atoms with van der Waals surface area (Å²) in [7, 11) is -0.274. The average Bonchev–Trinajstić information content (AvgIpc) is 3.32. The van der Waals surface area contributed by atoms with Gasteiger partial charge in [-0.15, -0.1) is 0 Å². The van der Waals surface area contributed by atoms with Crippen molar-refractivity contribution >= 4 is 26.8 Å². The number of sulfonamides is 1. The SMILES string of the molecule is CN(Cc1ccccc1)C(=O)c1cn(C)c2ccc(S(=O)(=O)N3CCCC3)cc2c1=O. The van der Waals surface area contributed by atoms with Crippen molar-refractivity contribution in [2.24, 2.45) is 7.05 Å². The predicted molar refractivity (Wildman–Crippen MR) is 119 cm³/mol. The van der Waals surface area contributed by atoms with Gasteiger partial charge in [0, 0.05) is 45.3 Å². The fourth-order valence-electron chi connectivity index (χ4n) is 4.00. The van der Waals surface area contributed by atoms with E-state index >= 15 is 0 Å². The van der Waals surface area contributed by atoms with Crippen molar-refractivity contribution in [1.82, 2.24) is 13.8 Å². The first-order chi connectivity index (χ1) is 14.8. The predicted octanol–water partition coefficient (Wildman–Crippen LogP) is 2.60. The van der Waals surface area contributed by atoms with Crippen LogP contribution in [0.4, 0.5) is 0 Å². The summed E-state index contributed by atoms with van der Waals surface area (Å²) in [4.78, 5) is 27.8. The van der Waals surface area contributed by atoms with Crippen molar-refractivity contribution in [3.63, 3.8) is 0 Å². The van der Waals surface area contributed by atoms with Gasteiger partial charge in [-0.2, -0.15) is 4.31 Å². The molecule has 162 valence electrons. The summed E-state index contributed by atoms with van der Waals surface area (Å²) >= 11 is 0. The molecule has 8 heteroatoms. The number of carbonyl (C=O) groups is 1. The zero-order valence-electron chi connectivity index (χ0n) is 17.6. The monoisotopic (exact) mass is 439 g/mol. The van der Waals surface area contributed by atoms with E-state index < -0.39 is 21.4 Å². The maximum absolute atomic E-state index is 13.2. The van der Waals surface area contributed by atoms with Gasteiger partial charge in [-0.3, -0.25) is 9.59 Å². The summed E-state index contributed by atoms with van der Waals surface area (Å²) in [6.07, 6.45) is 3.19. The maximum Gasteiger partial charge on any atom is 0.259 e. The molecule has 0 atom stereocenters. The van der Waals surface area contributed by atoms with Crippen LogP contribution in [0, 0.1) is 0 Å². The minimum atomic E-state index is -3.66. The van der Waals surface area contributed by atoms with Crippen LogP contribution < -0.4 is 5.43 Å². The molecule has 0 N–H and O–H groups in total. The third-order valence-corrected chi connectivity index (χ3v) is 7.60. The molecule has 31 heavy (non-hydrogen) atoms. The number of hydrogen-bond acceptors (Lipinski definition) is 4. The van der Waals surface area contributed by atoms with Crippen molar-refractivity contribution in [2.45, 2.75) is 24.3 Å². The van der Waals surface area contributed by atoms with Gasteiger partial charge in [-0.25, -0.2) is 8.42 Å². The Morgan fingerprint density at radius 2 is 1.74 bits per heavy atom. The normalized spacial score (nSPS) is 14.8. The molecule has 1 aliphatic heterocycles. The number of carbonyl (C=O) groups excluding carboxylic acids is 1. The van der Waals surface area contributed by atoms with Crippen LogP contribution >= 0.6 is 0 Å². The molecule has 0 unspecified atom stereocenters. The molecule has 0 saturated carbocycles. The van der Waals surface area contributed by atoms with Crippen LogP contribution in [0.1, 0.15) is 28.8 Å². The van der Waals surface area contributed by atoms with Crippen molar-refractivity contribution < 1.29 is 13.2 Å². The smallest absolute Gasteiger partial charge is 0.259 e. The number of fused-ring (bicyclic) bond motifs is 1. The fourth-order valence-corrected chi connectivity index (χ4v) is 5.54. The van der Waals surface area contributed by atoms with Gasteiger partial charge < -0.3 is 9.47 Å². The first-order valence-corrected chi connectivity index (χ1v) is 11.7. The largest absolute Gasteiger partial charge is 0.350 e. The fraction of sp³-hybridized carbons (Fsp3) is 0.304. The van der Waals surface area contributed by atoms with Crippen molar-refractivity contribution in [2.75, 3.05) is 20.1 Å². The zero-order chi connectivity index (χ0) is 22.2. The Kier molecular flexibility index (Phi) is 5.68. The van der Waals surface area contributed by atoms with Gasteiger partial charge in [0.25, 0.3) is 5.91 Å². The molecular formula is C23H25N3O4S. The minimum absolute atomic E-state index is 0.0177. The first kappa shape index (κ1) is 21.3. The molecule has 2 aromatic carbocycles. The number of aryl methyl sites for hydroxylation is 1. The van der Waals surface area contributed by atoms with E-state index in [0.717, 1.165) is 18.4 Å². The second kappa shape index (κ2) is 8.28. The zero-order valence-corrected chi connectivity index (χ0v) is 18.4. The molecule has 2 heterocycles. The van der Waals surface area contributed by atoms with E-state index in [-0.39, 0.29) is 15.8 Å². The minimum Gasteiger partial charge on any atom is -0.350 e. The third kappa shape index (κ3) is 4.00. The molecule has 4 rings (SSSR count). The van der Waals surface area contributed by atoms with Gasteiger partial charge in [-0.05, 0) is 36.6 Å². The Bertz CT molecular complexity index is 1290. The molecule has 1 saturated heterocycles. The summed E-state index contributed by atoms with van der Waals surface area (Å²) in [6.45, 7) is 1.34. The highest BCUT2D eigenvalue weighted by molar-refractivity contribution is 7.89. The maximum atomic E-state index is 13.2. The van der Waals surface area contributed by atoms with Gasteiger partial charge in [0.15, 0.2) is 0 Å². The molecule has 7 nitrogen and oxygen atoms in total. The highest BCUT2D eigenvalue weighted by Gasteiger charge is 2.28. The Morgan fingerprint density at radius 3 is 2.42 bits per heavy atom. The average molecular weight is 440 g/mol. The third-order valence-electron chi connectivity index (χ3n) is 5.70. The number of benzene rings is 2.